The summed E-state index contributed by atoms with van der Waals surface area (Å²) >= 11 is 0. The maximum absolute atomic E-state index is 12.6. The number of nitrogens with zero attached hydrogens (tertiary/aromatic N) is 4. The minimum Gasteiger partial charge on any atom is -0.371 e. The van der Waals surface area contributed by atoms with Crippen LogP contribution >= 0.6 is 0 Å². The first-order chi connectivity index (χ1) is 14.2. The molecule has 0 unspecified atom stereocenters. The summed E-state index contributed by atoms with van der Waals surface area (Å²) in [6.07, 6.45) is 6.90. The molecular formula is C23H31N5O. The summed E-state index contributed by atoms with van der Waals surface area (Å²) < 4.78 is 0. The number of aromatic nitrogens is 2. The molecule has 0 aliphatic carbocycles. The molecule has 29 heavy (non-hydrogen) atoms. The third kappa shape index (κ3) is 4.86. The van der Waals surface area contributed by atoms with Gasteiger partial charge in [-0.05, 0) is 56.7 Å². The summed E-state index contributed by atoms with van der Waals surface area (Å²) in [5, 5.41) is 3.16. The van der Waals surface area contributed by atoms with E-state index in [0.717, 1.165) is 63.6 Å². The molecule has 2 aromatic rings. The molecule has 154 valence electrons. The van der Waals surface area contributed by atoms with Crippen molar-refractivity contribution >= 4 is 17.5 Å². The highest BCUT2D eigenvalue weighted by Gasteiger charge is 2.26. The molecule has 3 heterocycles. The summed E-state index contributed by atoms with van der Waals surface area (Å²) in [7, 11) is 0. The van der Waals surface area contributed by atoms with E-state index < -0.39 is 0 Å². The van der Waals surface area contributed by atoms with Crippen molar-refractivity contribution in [2.45, 2.75) is 39.0 Å². The van der Waals surface area contributed by atoms with Crippen molar-refractivity contribution in [2.24, 2.45) is 5.92 Å². The third-order valence-electron chi connectivity index (χ3n) is 6.04. The van der Waals surface area contributed by atoms with Crippen molar-refractivity contribution in [1.29, 1.82) is 0 Å². The molecular weight excluding hydrogens is 362 g/mol. The molecule has 0 saturated carbocycles. The predicted molar refractivity (Wildman–Crippen MR) is 116 cm³/mol. The summed E-state index contributed by atoms with van der Waals surface area (Å²) in [5.41, 5.74) is 3.80. The molecule has 0 bridgehead atoms. The van der Waals surface area contributed by atoms with Gasteiger partial charge in [0.05, 0.1) is 0 Å². The maximum Gasteiger partial charge on any atom is 0.225 e. The molecule has 0 spiro atoms. The van der Waals surface area contributed by atoms with Crippen molar-refractivity contribution < 1.29 is 4.79 Å². The van der Waals surface area contributed by atoms with Crippen LogP contribution in [0.2, 0.25) is 0 Å². The predicted octanol–water partition coefficient (Wildman–Crippen LogP) is 2.96. The van der Waals surface area contributed by atoms with Crippen molar-refractivity contribution in [1.82, 2.24) is 15.3 Å². The highest BCUT2D eigenvalue weighted by molar-refractivity contribution is 5.78. The van der Waals surface area contributed by atoms with Crippen LogP contribution in [-0.4, -0.2) is 48.6 Å². The first-order valence-electron chi connectivity index (χ1n) is 10.9. The number of carbonyl (C=O) groups is 1. The highest BCUT2D eigenvalue weighted by Crippen LogP contribution is 2.26. The van der Waals surface area contributed by atoms with Crippen LogP contribution in [0.15, 0.2) is 36.5 Å². The van der Waals surface area contributed by atoms with E-state index in [-0.39, 0.29) is 11.8 Å². The van der Waals surface area contributed by atoms with E-state index in [1.807, 2.05) is 13.0 Å². The Labute approximate surface area is 173 Å². The molecule has 0 atom stereocenters. The maximum atomic E-state index is 12.6. The Balaban J connectivity index is 1.19. The summed E-state index contributed by atoms with van der Waals surface area (Å²) in [6, 6.07) is 10.6. The van der Waals surface area contributed by atoms with Crippen LogP contribution in [0.1, 0.15) is 36.9 Å². The number of para-hydroxylation sites is 1. The number of aryl methyl sites for hydroxylation is 2. The van der Waals surface area contributed by atoms with Gasteiger partial charge in [0.2, 0.25) is 11.9 Å². The Morgan fingerprint density at radius 2 is 2.00 bits per heavy atom. The average Bonchev–Trinajstić information content (AvgIpc) is 2.77. The average molecular weight is 394 g/mol. The number of rotatable bonds is 6. The van der Waals surface area contributed by atoms with E-state index in [0.29, 0.717) is 0 Å². The van der Waals surface area contributed by atoms with Gasteiger partial charge in [0.1, 0.15) is 0 Å². The number of piperidine rings is 1. The minimum absolute atomic E-state index is 0.103. The lowest BCUT2D eigenvalue weighted by atomic mass is 9.96. The second-order valence-corrected chi connectivity index (χ2v) is 8.12. The molecule has 1 N–H and O–H groups in total. The van der Waals surface area contributed by atoms with Crippen LogP contribution in [0.3, 0.4) is 0 Å². The fourth-order valence-electron chi connectivity index (χ4n) is 4.40. The number of anilines is 2. The molecule has 6 heteroatoms. The molecule has 2 aliphatic heterocycles. The third-order valence-corrected chi connectivity index (χ3v) is 6.04. The Morgan fingerprint density at radius 3 is 2.83 bits per heavy atom. The lowest BCUT2D eigenvalue weighted by molar-refractivity contribution is -0.125. The minimum atomic E-state index is 0.103. The smallest absolute Gasteiger partial charge is 0.225 e. The van der Waals surface area contributed by atoms with E-state index in [4.69, 9.17) is 0 Å². The Morgan fingerprint density at radius 1 is 1.17 bits per heavy atom. The van der Waals surface area contributed by atoms with Crippen LogP contribution in [0, 0.1) is 12.8 Å². The van der Waals surface area contributed by atoms with E-state index in [9.17, 15) is 4.79 Å². The lowest BCUT2D eigenvalue weighted by Gasteiger charge is -2.32. The van der Waals surface area contributed by atoms with Crippen LogP contribution < -0.4 is 15.1 Å². The first kappa shape index (κ1) is 19.7. The monoisotopic (exact) mass is 393 g/mol. The van der Waals surface area contributed by atoms with Gasteiger partial charge in [-0.1, -0.05) is 18.2 Å². The summed E-state index contributed by atoms with van der Waals surface area (Å²) in [6.45, 7) is 6.52. The normalized spacial score (nSPS) is 17.1. The molecule has 6 nitrogen and oxygen atoms in total. The van der Waals surface area contributed by atoms with Gasteiger partial charge >= 0.3 is 0 Å². The molecule has 1 saturated heterocycles. The molecule has 1 aromatic carbocycles. The van der Waals surface area contributed by atoms with E-state index in [1.165, 1.54) is 24.1 Å². The van der Waals surface area contributed by atoms with E-state index in [2.05, 4.69) is 49.4 Å². The zero-order valence-corrected chi connectivity index (χ0v) is 17.3. The van der Waals surface area contributed by atoms with E-state index in [1.54, 1.807) is 6.20 Å². The van der Waals surface area contributed by atoms with Crippen molar-refractivity contribution in [3.8, 4) is 0 Å². The van der Waals surface area contributed by atoms with Gasteiger partial charge in [0.25, 0.3) is 0 Å². The summed E-state index contributed by atoms with van der Waals surface area (Å²) in [4.78, 5) is 26.1. The van der Waals surface area contributed by atoms with Crippen LogP contribution in [0.5, 0.6) is 0 Å². The Kier molecular flexibility index (Phi) is 6.27. The largest absolute Gasteiger partial charge is 0.371 e. The molecule has 1 aromatic heterocycles. The van der Waals surface area contributed by atoms with Gasteiger partial charge in [0, 0.05) is 56.2 Å². The van der Waals surface area contributed by atoms with Gasteiger partial charge < -0.3 is 15.1 Å². The highest BCUT2D eigenvalue weighted by atomic mass is 16.1. The number of fused-ring (bicyclic) bond motifs is 1. The van der Waals surface area contributed by atoms with Crippen molar-refractivity contribution in [2.75, 3.05) is 42.5 Å². The SMILES string of the molecule is Cc1ccnc(N2CCC(C(=O)NCCCN3CCCc4ccccc43)CC2)n1. The molecule has 1 amide bonds. The second-order valence-electron chi connectivity index (χ2n) is 8.12. The lowest BCUT2D eigenvalue weighted by Crippen LogP contribution is -2.42. The molecule has 2 aliphatic rings. The number of hydrogen-bond donors (Lipinski definition) is 1. The van der Waals surface area contributed by atoms with Gasteiger partial charge in [0.15, 0.2) is 0 Å². The Hall–Kier alpha value is -2.63. The summed E-state index contributed by atoms with van der Waals surface area (Å²) in [5.74, 6) is 1.09. The standard InChI is InChI=1S/C23H31N5O/c1-18-9-13-25-23(26-18)28-16-10-20(11-17-28)22(29)24-12-5-15-27-14-4-7-19-6-2-3-8-21(19)27/h2-3,6,8-9,13,20H,4-5,7,10-12,14-17H2,1H3,(H,24,29). The fourth-order valence-corrected chi connectivity index (χ4v) is 4.40. The van der Waals surface area contributed by atoms with Gasteiger partial charge in [-0.2, -0.15) is 0 Å². The quantitative estimate of drug-likeness (QED) is 0.765. The van der Waals surface area contributed by atoms with Gasteiger partial charge in [-0.15, -0.1) is 0 Å². The second kappa shape index (κ2) is 9.25. The van der Waals surface area contributed by atoms with Crippen molar-refractivity contribution in [3.63, 3.8) is 0 Å². The van der Waals surface area contributed by atoms with Crippen LogP contribution in [-0.2, 0) is 11.2 Å². The zero-order valence-electron chi connectivity index (χ0n) is 17.3. The molecule has 4 rings (SSSR count). The van der Waals surface area contributed by atoms with Gasteiger partial charge in [-0.25, -0.2) is 9.97 Å². The number of benzene rings is 1. The van der Waals surface area contributed by atoms with Crippen LogP contribution in [0.4, 0.5) is 11.6 Å². The number of nitrogens with one attached hydrogen (secondary N) is 1. The number of carbonyl (C=O) groups excluding carboxylic acids is 1. The number of hydrogen-bond acceptors (Lipinski definition) is 5. The molecule has 1 fully saturated rings. The number of amides is 1. The van der Waals surface area contributed by atoms with Crippen molar-refractivity contribution in [3.05, 3.63) is 47.8 Å². The van der Waals surface area contributed by atoms with Gasteiger partial charge in [-0.3, -0.25) is 4.79 Å². The first-order valence-corrected chi connectivity index (χ1v) is 10.9. The zero-order chi connectivity index (χ0) is 20.1. The Bertz CT molecular complexity index is 832. The topological polar surface area (TPSA) is 61.4 Å². The molecule has 0 radical (unpaired) electrons. The fraction of sp³-hybridized carbons (Fsp3) is 0.522. The van der Waals surface area contributed by atoms with E-state index >= 15 is 0 Å². The van der Waals surface area contributed by atoms with Crippen LogP contribution in [0.25, 0.3) is 0 Å².